The van der Waals surface area contributed by atoms with Gasteiger partial charge in [-0.2, -0.15) is 0 Å². The molecular weight excluding hydrogens is 332 g/mol. The Bertz CT molecular complexity index is 728. The molecule has 1 atom stereocenters. The highest BCUT2D eigenvalue weighted by Crippen LogP contribution is 2.12. The van der Waals surface area contributed by atoms with E-state index in [0.29, 0.717) is 6.42 Å². The molecule has 0 fully saturated rings. The third kappa shape index (κ3) is 5.64. The van der Waals surface area contributed by atoms with Crippen molar-refractivity contribution >= 4 is 21.9 Å². The van der Waals surface area contributed by atoms with Crippen molar-refractivity contribution < 1.29 is 23.1 Å². The van der Waals surface area contributed by atoms with Crippen molar-refractivity contribution in [3.63, 3.8) is 0 Å². The van der Waals surface area contributed by atoms with Gasteiger partial charge in [0.05, 0.1) is 4.90 Å². The molecule has 0 aliphatic rings. The number of amides is 1. The van der Waals surface area contributed by atoms with Crippen LogP contribution < -0.4 is 10.0 Å². The molecule has 0 bridgehead atoms. The molecule has 3 N–H and O–H groups in total. The second-order valence-corrected chi connectivity index (χ2v) is 6.67. The van der Waals surface area contributed by atoms with Crippen LogP contribution in [-0.4, -0.2) is 38.0 Å². The topological polar surface area (TPSA) is 113 Å². The van der Waals surface area contributed by atoms with Gasteiger partial charge in [-0.15, -0.1) is 13.2 Å². The highest BCUT2D eigenvalue weighted by molar-refractivity contribution is 7.89. The molecule has 0 heterocycles. The molecule has 0 aromatic heterocycles. The maximum atomic E-state index is 12.2. The van der Waals surface area contributed by atoms with E-state index in [1.54, 1.807) is 6.08 Å². The molecule has 0 spiro atoms. The van der Waals surface area contributed by atoms with E-state index in [4.69, 9.17) is 5.11 Å². The van der Waals surface area contributed by atoms with Crippen LogP contribution in [0, 0.1) is 0 Å². The van der Waals surface area contributed by atoms with Crippen molar-refractivity contribution in [2.75, 3.05) is 6.54 Å². The highest BCUT2D eigenvalue weighted by atomic mass is 32.2. The van der Waals surface area contributed by atoms with Crippen molar-refractivity contribution in [3.8, 4) is 0 Å². The van der Waals surface area contributed by atoms with Crippen LogP contribution in [0.4, 0.5) is 0 Å². The zero-order chi connectivity index (χ0) is 18.2. The Morgan fingerprint density at radius 2 is 1.96 bits per heavy atom. The minimum atomic E-state index is -3.77. The Hall–Kier alpha value is -2.45. The number of carboxylic acid groups (broad SMARTS) is 1. The van der Waals surface area contributed by atoms with Gasteiger partial charge in [0.2, 0.25) is 10.0 Å². The average molecular weight is 352 g/mol. The summed E-state index contributed by atoms with van der Waals surface area (Å²) in [5, 5.41) is 11.5. The van der Waals surface area contributed by atoms with Gasteiger partial charge in [-0.25, -0.2) is 17.9 Å². The molecule has 0 saturated heterocycles. The molecule has 0 aliphatic heterocycles. The van der Waals surface area contributed by atoms with Crippen LogP contribution in [-0.2, 0) is 14.8 Å². The van der Waals surface area contributed by atoms with Gasteiger partial charge in [-0.1, -0.05) is 18.2 Å². The summed E-state index contributed by atoms with van der Waals surface area (Å²) in [5.41, 5.74) is 0.0568. The third-order valence-electron chi connectivity index (χ3n) is 3.09. The third-order valence-corrected chi connectivity index (χ3v) is 4.51. The second kappa shape index (κ2) is 8.99. The Labute approximate surface area is 141 Å². The molecule has 1 aromatic carbocycles. The number of sulfonamides is 1. The maximum Gasteiger partial charge on any atom is 0.326 e. The van der Waals surface area contributed by atoms with Gasteiger partial charge in [0.1, 0.15) is 6.04 Å². The summed E-state index contributed by atoms with van der Waals surface area (Å²) in [7, 11) is -3.77. The summed E-state index contributed by atoms with van der Waals surface area (Å²) >= 11 is 0. The Morgan fingerprint density at radius 1 is 1.25 bits per heavy atom. The first-order valence-electron chi connectivity index (χ1n) is 7.17. The van der Waals surface area contributed by atoms with Gasteiger partial charge in [-0.05, 0) is 31.0 Å². The summed E-state index contributed by atoms with van der Waals surface area (Å²) in [6.07, 6.45) is 3.58. The van der Waals surface area contributed by atoms with Crippen LogP contribution in [0.2, 0.25) is 0 Å². The fraction of sp³-hybridized carbons (Fsp3) is 0.250. The lowest BCUT2D eigenvalue weighted by Gasteiger charge is -2.14. The number of benzene rings is 1. The Balaban J connectivity index is 2.95. The summed E-state index contributed by atoms with van der Waals surface area (Å²) in [4.78, 5) is 23.2. The quantitative estimate of drug-likeness (QED) is 0.549. The molecule has 1 unspecified atom stereocenters. The van der Waals surface area contributed by atoms with Gasteiger partial charge >= 0.3 is 5.97 Å². The van der Waals surface area contributed by atoms with Crippen molar-refractivity contribution in [3.05, 3.63) is 55.1 Å². The van der Waals surface area contributed by atoms with Gasteiger partial charge in [0, 0.05) is 12.1 Å². The zero-order valence-corrected chi connectivity index (χ0v) is 13.9. The van der Waals surface area contributed by atoms with Crippen LogP contribution in [0.1, 0.15) is 23.2 Å². The number of rotatable bonds is 10. The van der Waals surface area contributed by atoms with E-state index in [1.165, 1.54) is 30.3 Å². The number of nitrogens with one attached hydrogen (secondary N) is 2. The Kier molecular flexibility index (Phi) is 7.34. The molecule has 0 saturated carbocycles. The van der Waals surface area contributed by atoms with Crippen LogP contribution in [0.25, 0.3) is 0 Å². The predicted octanol–water partition coefficient (Wildman–Crippen LogP) is 1.30. The smallest absolute Gasteiger partial charge is 0.326 e. The van der Waals surface area contributed by atoms with Crippen molar-refractivity contribution in [2.45, 2.75) is 23.8 Å². The molecule has 7 nitrogen and oxygen atoms in total. The average Bonchev–Trinajstić information content (AvgIpc) is 2.56. The van der Waals surface area contributed by atoms with E-state index in [2.05, 4.69) is 23.2 Å². The van der Waals surface area contributed by atoms with Crippen molar-refractivity contribution in [1.29, 1.82) is 0 Å². The van der Waals surface area contributed by atoms with E-state index in [0.717, 1.165) is 0 Å². The number of allylic oxidation sites excluding steroid dienone is 1. The molecule has 130 valence electrons. The van der Waals surface area contributed by atoms with Crippen LogP contribution in [0.15, 0.2) is 54.5 Å². The lowest BCUT2D eigenvalue weighted by atomic mass is 10.1. The summed E-state index contributed by atoms with van der Waals surface area (Å²) in [6.45, 7) is 6.99. The van der Waals surface area contributed by atoms with Crippen LogP contribution in [0.3, 0.4) is 0 Å². The molecule has 0 aliphatic carbocycles. The van der Waals surface area contributed by atoms with E-state index in [-0.39, 0.29) is 23.4 Å². The fourth-order valence-electron chi connectivity index (χ4n) is 1.84. The zero-order valence-electron chi connectivity index (χ0n) is 13.1. The molecular formula is C16H20N2O5S. The molecule has 24 heavy (non-hydrogen) atoms. The van der Waals surface area contributed by atoms with Crippen LogP contribution >= 0.6 is 0 Å². The summed E-state index contributed by atoms with van der Waals surface area (Å²) in [5.74, 6) is -1.83. The SMILES string of the molecule is C=CCCC(NC(=O)c1cccc(S(=O)(=O)NCC=C)c1)C(=O)O. The number of aliphatic carboxylic acids is 1. The maximum absolute atomic E-state index is 12.2. The first kappa shape index (κ1) is 19.6. The van der Waals surface area contributed by atoms with Gasteiger partial charge < -0.3 is 10.4 Å². The number of carboxylic acids is 1. The van der Waals surface area contributed by atoms with Gasteiger partial charge in [0.15, 0.2) is 0 Å². The second-order valence-electron chi connectivity index (χ2n) is 4.90. The van der Waals surface area contributed by atoms with Gasteiger partial charge in [0.25, 0.3) is 5.91 Å². The molecule has 8 heteroatoms. The van der Waals surface area contributed by atoms with E-state index in [1.807, 2.05) is 0 Å². The van der Waals surface area contributed by atoms with Crippen molar-refractivity contribution in [1.82, 2.24) is 10.0 Å². The highest BCUT2D eigenvalue weighted by Gasteiger charge is 2.21. The minimum Gasteiger partial charge on any atom is -0.480 e. The normalized spacial score (nSPS) is 12.2. The first-order chi connectivity index (χ1) is 11.3. The Morgan fingerprint density at radius 3 is 2.54 bits per heavy atom. The van der Waals surface area contributed by atoms with E-state index >= 15 is 0 Å². The number of carbonyl (C=O) groups is 2. The number of hydrogen-bond acceptors (Lipinski definition) is 4. The number of hydrogen-bond donors (Lipinski definition) is 3. The van der Waals surface area contributed by atoms with E-state index < -0.39 is 27.9 Å². The van der Waals surface area contributed by atoms with Gasteiger partial charge in [-0.3, -0.25) is 4.79 Å². The lowest BCUT2D eigenvalue weighted by molar-refractivity contribution is -0.139. The monoisotopic (exact) mass is 352 g/mol. The summed E-state index contributed by atoms with van der Waals surface area (Å²) < 4.78 is 26.4. The summed E-state index contributed by atoms with van der Waals surface area (Å²) in [6, 6.07) is 4.28. The van der Waals surface area contributed by atoms with Crippen molar-refractivity contribution in [2.24, 2.45) is 0 Å². The molecule has 1 rings (SSSR count). The van der Waals surface area contributed by atoms with Crippen LogP contribution in [0.5, 0.6) is 0 Å². The largest absolute Gasteiger partial charge is 0.480 e. The molecule has 1 amide bonds. The predicted molar refractivity (Wildman–Crippen MR) is 90.1 cm³/mol. The standard InChI is InChI=1S/C16H20N2O5S/c1-3-5-9-14(16(20)21)18-15(19)12-7-6-8-13(11-12)24(22,23)17-10-4-2/h3-4,6-8,11,14,17H,1-2,5,9-10H2,(H,18,19)(H,20,21). The number of carbonyl (C=O) groups excluding carboxylic acids is 1. The molecule has 1 aromatic rings. The lowest BCUT2D eigenvalue weighted by Crippen LogP contribution is -2.40. The molecule has 0 radical (unpaired) electrons. The fourth-order valence-corrected chi connectivity index (χ4v) is 2.88. The first-order valence-corrected chi connectivity index (χ1v) is 8.65. The minimum absolute atomic E-state index is 0.0568. The van der Waals surface area contributed by atoms with E-state index in [9.17, 15) is 18.0 Å².